The number of rotatable bonds is 6. The molecule has 1 saturated heterocycles. The van der Waals surface area contributed by atoms with Crippen LogP contribution in [0.4, 0.5) is 10.1 Å². The molecule has 1 fully saturated rings. The fourth-order valence-corrected chi connectivity index (χ4v) is 2.98. The molecule has 0 unspecified atom stereocenters. The highest BCUT2D eigenvalue weighted by Crippen LogP contribution is 2.19. The number of nitrogens with one attached hydrogen (secondary N) is 1. The summed E-state index contributed by atoms with van der Waals surface area (Å²) >= 11 is 0. The maximum atomic E-state index is 12.8. The van der Waals surface area contributed by atoms with E-state index >= 15 is 0 Å². The second-order valence-corrected chi connectivity index (χ2v) is 6.26. The predicted octanol–water partition coefficient (Wildman–Crippen LogP) is 3.86. The molecule has 1 aliphatic rings. The summed E-state index contributed by atoms with van der Waals surface area (Å²) in [5.74, 6) is 0.489. The van der Waals surface area contributed by atoms with E-state index in [0.29, 0.717) is 18.9 Å². The lowest BCUT2D eigenvalue weighted by atomic mass is 10.1. The molecule has 2 aromatic rings. The van der Waals surface area contributed by atoms with Crippen molar-refractivity contribution < 1.29 is 13.9 Å². The van der Waals surface area contributed by atoms with Crippen molar-refractivity contribution in [2.45, 2.75) is 19.8 Å². The quantitative estimate of drug-likeness (QED) is 0.811. The number of aryl methyl sites for hydroxylation is 1. The van der Waals surface area contributed by atoms with Crippen LogP contribution in [-0.4, -0.2) is 37.0 Å². The summed E-state index contributed by atoms with van der Waals surface area (Å²) in [4.78, 5) is 14.3. The van der Waals surface area contributed by atoms with E-state index in [2.05, 4.69) is 5.32 Å². The molecule has 0 aliphatic carbocycles. The molecule has 3 rings (SSSR count). The Hall–Kier alpha value is -2.56. The van der Waals surface area contributed by atoms with Crippen LogP contribution in [-0.2, 0) is 0 Å². The zero-order valence-corrected chi connectivity index (χ0v) is 14.4. The molecule has 0 radical (unpaired) electrons. The smallest absolute Gasteiger partial charge is 0.253 e. The summed E-state index contributed by atoms with van der Waals surface area (Å²) in [6.45, 7) is 4.80. The molecule has 1 amide bonds. The van der Waals surface area contributed by atoms with Crippen molar-refractivity contribution in [3.8, 4) is 5.75 Å². The van der Waals surface area contributed by atoms with E-state index in [1.165, 1.54) is 12.1 Å². The molecule has 132 valence electrons. The zero-order chi connectivity index (χ0) is 17.6. The molecule has 0 atom stereocenters. The van der Waals surface area contributed by atoms with E-state index in [-0.39, 0.29) is 11.7 Å². The normalized spacial score (nSPS) is 13.8. The van der Waals surface area contributed by atoms with Crippen LogP contribution >= 0.6 is 0 Å². The van der Waals surface area contributed by atoms with Gasteiger partial charge in [-0.25, -0.2) is 4.39 Å². The van der Waals surface area contributed by atoms with E-state index in [9.17, 15) is 9.18 Å². The fourth-order valence-electron chi connectivity index (χ4n) is 2.98. The Morgan fingerprint density at radius 3 is 2.56 bits per heavy atom. The van der Waals surface area contributed by atoms with Gasteiger partial charge in [0.1, 0.15) is 18.2 Å². The average molecular weight is 342 g/mol. The van der Waals surface area contributed by atoms with E-state index in [1.807, 2.05) is 30.0 Å². The molecule has 0 bridgehead atoms. The highest BCUT2D eigenvalue weighted by molar-refractivity contribution is 5.95. The SMILES string of the molecule is Cc1cc(C(=O)N2CCCC2)ccc1NCCOc1ccc(F)cc1. The van der Waals surface area contributed by atoms with Gasteiger partial charge in [0.15, 0.2) is 0 Å². The molecular formula is C20H23FN2O2. The lowest BCUT2D eigenvalue weighted by Crippen LogP contribution is -2.27. The molecule has 0 saturated carbocycles. The number of ether oxygens (including phenoxy) is 1. The summed E-state index contributed by atoms with van der Waals surface area (Å²) in [5.41, 5.74) is 2.76. The lowest BCUT2D eigenvalue weighted by Gasteiger charge is -2.17. The van der Waals surface area contributed by atoms with Gasteiger partial charge >= 0.3 is 0 Å². The first-order valence-corrected chi connectivity index (χ1v) is 8.65. The van der Waals surface area contributed by atoms with Crippen LogP contribution in [0.2, 0.25) is 0 Å². The number of nitrogens with zero attached hydrogens (tertiary/aromatic N) is 1. The van der Waals surface area contributed by atoms with Gasteiger partial charge in [0.25, 0.3) is 5.91 Å². The van der Waals surface area contributed by atoms with Crippen LogP contribution < -0.4 is 10.1 Å². The van der Waals surface area contributed by atoms with Gasteiger partial charge in [-0.1, -0.05) is 0 Å². The van der Waals surface area contributed by atoms with Crippen LogP contribution in [0.15, 0.2) is 42.5 Å². The Morgan fingerprint density at radius 2 is 1.88 bits per heavy atom. The number of hydrogen-bond donors (Lipinski definition) is 1. The summed E-state index contributed by atoms with van der Waals surface area (Å²) in [6.07, 6.45) is 2.19. The van der Waals surface area contributed by atoms with E-state index in [0.717, 1.165) is 42.7 Å². The first kappa shape index (κ1) is 17.3. The van der Waals surface area contributed by atoms with Gasteiger partial charge in [-0.2, -0.15) is 0 Å². The number of carbonyl (C=O) groups excluding carboxylic acids is 1. The Morgan fingerprint density at radius 1 is 1.16 bits per heavy atom. The Bertz CT molecular complexity index is 725. The van der Waals surface area contributed by atoms with Crippen molar-refractivity contribution in [1.29, 1.82) is 0 Å². The molecule has 25 heavy (non-hydrogen) atoms. The van der Waals surface area contributed by atoms with Crippen LogP contribution in [0.5, 0.6) is 5.75 Å². The monoisotopic (exact) mass is 342 g/mol. The molecule has 0 aromatic heterocycles. The van der Waals surface area contributed by atoms with Crippen LogP contribution in [0.25, 0.3) is 0 Å². The summed E-state index contributed by atoms with van der Waals surface area (Å²) in [7, 11) is 0. The largest absolute Gasteiger partial charge is 0.492 e. The van der Waals surface area contributed by atoms with Crippen molar-refractivity contribution in [1.82, 2.24) is 4.90 Å². The second kappa shape index (κ2) is 8.01. The maximum Gasteiger partial charge on any atom is 0.253 e. The summed E-state index contributed by atoms with van der Waals surface area (Å²) in [6, 6.07) is 11.7. The van der Waals surface area contributed by atoms with Crippen LogP contribution in [0.3, 0.4) is 0 Å². The van der Waals surface area contributed by atoms with Gasteiger partial charge in [-0.3, -0.25) is 4.79 Å². The summed E-state index contributed by atoms with van der Waals surface area (Å²) in [5, 5.41) is 3.31. The maximum absolute atomic E-state index is 12.8. The number of amides is 1. The zero-order valence-electron chi connectivity index (χ0n) is 14.4. The Labute approximate surface area is 147 Å². The standard InChI is InChI=1S/C20H23FN2O2/c1-15-14-16(20(24)23-11-2-3-12-23)4-9-19(15)22-10-13-25-18-7-5-17(21)6-8-18/h4-9,14,22H,2-3,10-13H2,1H3. The van der Waals surface area contributed by atoms with Crippen molar-refractivity contribution in [3.63, 3.8) is 0 Å². The molecular weight excluding hydrogens is 319 g/mol. The predicted molar refractivity (Wildman–Crippen MR) is 96.7 cm³/mol. The van der Waals surface area contributed by atoms with Gasteiger partial charge in [-0.05, 0) is 67.8 Å². The topological polar surface area (TPSA) is 41.6 Å². The number of carbonyl (C=O) groups is 1. The highest BCUT2D eigenvalue weighted by Gasteiger charge is 2.19. The third-order valence-corrected chi connectivity index (χ3v) is 4.37. The summed E-state index contributed by atoms with van der Waals surface area (Å²) < 4.78 is 18.4. The fraction of sp³-hybridized carbons (Fsp3) is 0.350. The van der Waals surface area contributed by atoms with Crippen molar-refractivity contribution >= 4 is 11.6 Å². The Balaban J connectivity index is 1.51. The van der Waals surface area contributed by atoms with Crippen molar-refractivity contribution in [2.75, 3.05) is 31.6 Å². The third-order valence-electron chi connectivity index (χ3n) is 4.37. The minimum atomic E-state index is -0.273. The molecule has 4 nitrogen and oxygen atoms in total. The number of halogens is 1. The van der Waals surface area contributed by atoms with E-state index in [1.54, 1.807) is 12.1 Å². The number of benzene rings is 2. The van der Waals surface area contributed by atoms with Gasteiger partial charge in [-0.15, -0.1) is 0 Å². The van der Waals surface area contributed by atoms with Crippen molar-refractivity contribution in [3.05, 3.63) is 59.4 Å². The molecule has 0 spiro atoms. The van der Waals surface area contributed by atoms with E-state index < -0.39 is 0 Å². The molecule has 1 aliphatic heterocycles. The van der Waals surface area contributed by atoms with Crippen molar-refractivity contribution in [2.24, 2.45) is 0 Å². The third kappa shape index (κ3) is 4.50. The first-order valence-electron chi connectivity index (χ1n) is 8.65. The second-order valence-electron chi connectivity index (χ2n) is 6.26. The van der Waals surface area contributed by atoms with Gasteiger partial charge < -0.3 is 15.0 Å². The molecule has 1 N–H and O–H groups in total. The van der Waals surface area contributed by atoms with Crippen LogP contribution in [0, 0.1) is 12.7 Å². The number of hydrogen-bond acceptors (Lipinski definition) is 3. The molecule has 2 aromatic carbocycles. The lowest BCUT2D eigenvalue weighted by molar-refractivity contribution is 0.0793. The van der Waals surface area contributed by atoms with Gasteiger partial charge in [0.05, 0.1) is 0 Å². The molecule has 1 heterocycles. The highest BCUT2D eigenvalue weighted by atomic mass is 19.1. The minimum Gasteiger partial charge on any atom is -0.492 e. The number of likely N-dealkylation sites (tertiary alicyclic amines) is 1. The van der Waals surface area contributed by atoms with Gasteiger partial charge in [0, 0.05) is 30.9 Å². The number of anilines is 1. The molecule has 5 heteroatoms. The minimum absolute atomic E-state index is 0.117. The average Bonchev–Trinajstić information content (AvgIpc) is 3.15. The van der Waals surface area contributed by atoms with E-state index in [4.69, 9.17) is 4.74 Å². The van der Waals surface area contributed by atoms with Crippen LogP contribution in [0.1, 0.15) is 28.8 Å². The van der Waals surface area contributed by atoms with Gasteiger partial charge in [0.2, 0.25) is 0 Å². The first-order chi connectivity index (χ1) is 12.1. The Kier molecular flexibility index (Phi) is 5.53.